The molecule has 0 unspecified atom stereocenters. The van der Waals surface area contributed by atoms with Gasteiger partial charge in [0.05, 0.1) is 11.0 Å². The summed E-state index contributed by atoms with van der Waals surface area (Å²) in [5.41, 5.74) is 4.25. The molecule has 0 aliphatic carbocycles. The number of hydrogen-bond donors (Lipinski definition) is 2. The summed E-state index contributed by atoms with van der Waals surface area (Å²) in [7, 11) is 0. The van der Waals surface area contributed by atoms with Gasteiger partial charge >= 0.3 is 0 Å². The SMILES string of the molecule is O=C1Nc2ccc(Br)cc2[C@@]12Nc1ccccc1-c1nc3ccccc3n12. The van der Waals surface area contributed by atoms with Crippen LogP contribution in [0.1, 0.15) is 5.56 Å². The van der Waals surface area contributed by atoms with Crippen molar-refractivity contribution in [2.75, 3.05) is 10.6 Å². The molecule has 1 aromatic heterocycles. The number of rotatable bonds is 0. The van der Waals surface area contributed by atoms with Gasteiger partial charge < -0.3 is 10.6 Å². The lowest BCUT2D eigenvalue weighted by atomic mass is 9.95. The van der Waals surface area contributed by atoms with Gasteiger partial charge in [0.1, 0.15) is 5.82 Å². The molecule has 5 nitrogen and oxygen atoms in total. The first-order valence-corrected chi connectivity index (χ1v) is 9.45. The number of nitrogens with one attached hydrogen (secondary N) is 2. The van der Waals surface area contributed by atoms with Gasteiger partial charge in [-0.15, -0.1) is 0 Å². The molecular formula is C21H13BrN4O. The molecule has 0 radical (unpaired) electrons. The highest BCUT2D eigenvalue weighted by molar-refractivity contribution is 9.10. The van der Waals surface area contributed by atoms with Crippen LogP contribution in [0.2, 0.25) is 0 Å². The molecule has 0 saturated carbocycles. The first-order chi connectivity index (χ1) is 13.2. The fourth-order valence-electron chi connectivity index (χ4n) is 4.19. The number of fused-ring (bicyclic) bond motifs is 8. The maximum atomic E-state index is 13.4. The van der Waals surface area contributed by atoms with E-state index in [9.17, 15) is 4.79 Å². The van der Waals surface area contributed by atoms with E-state index in [-0.39, 0.29) is 5.91 Å². The molecule has 2 N–H and O–H groups in total. The molecule has 3 aromatic carbocycles. The Bertz CT molecular complexity index is 1280. The molecule has 27 heavy (non-hydrogen) atoms. The third-order valence-corrected chi connectivity index (χ3v) is 5.82. The number of anilines is 2. The zero-order valence-electron chi connectivity index (χ0n) is 14.0. The molecule has 0 saturated heterocycles. The van der Waals surface area contributed by atoms with Crippen molar-refractivity contribution in [2.45, 2.75) is 5.66 Å². The number of para-hydroxylation sites is 3. The molecule has 1 amide bonds. The number of halogens is 1. The van der Waals surface area contributed by atoms with Crippen molar-refractivity contribution in [3.05, 3.63) is 76.8 Å². The first-order valence-electron chi connectivity index (χ1n) is 8.65. The van der Waals surface area contributed by atoms with Gasteiger partial charge in [0.15, 0.2) is 0 Å². The zero-order valence-corrected chi connectivity index (χ0v) is 15.6. The Labute approximate surface area is 163 Å². The Balaban J connectivity index is 1.80. The van der Waals surface area contributed by atoms with Crippen LogP contribution in [0, 0.1) is 0 Å². The Kier molecular flexibility index (Phi) is 2.77. The van der Waals surface area contributed by atoms with Crippen LogP contribution in [-0.4, -0.2) is 15.5 Å². The van der Waals surface area contributed by atoms with Gasteiger partial charge in [-0.3, -0.25) is 9.36 Å². The highest BCUT2D eigenvalue weighted by Gasteiger charge is 2.53. The second-order valence-electron chi connectivity index (χ2n) is 6.78. The normalized spacial score (nSPS) is 19.4. The molecule has 1 atom stereocenters. The molecule has 4 aromatic rings. The Hall–Kier alpha value is -3.12. The van der Waals surface area contributed by atoms with E-state index in [0.717, 1.165) is 43.8 Å². The van der Waals surface area contributed by atoms with Crippen LogP contribution in [0.3, 0.4) is 0 Å². The summed E-state index contributed by atoms with van der Waals surface area (Å²) in [6.45, 7) is 0. The van der Waals surface area contributed by atoms with Crippen molar-refractivity contribution in [3.8, 4) is 11.4 Å². The third kappa shape index (κ3) is 1.78. The zero-order chi connectivity index (χ0) is 18.2. The van der Waals surface area contributed by atoms with E-state index < -0.39 is 5.66 Å². The molecule has 3 heterocycles. The molecule has 1 spiro atoms. The van der Waals surface area contributed by atoms with Crippen LogP contribution < -0.4 is 10.6 Å². The molecule has 2 aliphatic rings. The maximum Gasteiger partial charge on any atom is 0.276 e. The second-order valence-corrected chi connectivity index (χ2v) is 7.70. The van der Waals surface area contributed by atoms with Crippen LogP contribution >= 0.6 is 15.9 Å². The number of imidazole rings is 1. The number of carbonyl (C=O) groups is 1. The fraction of sp³-hybridized carbons (Fsp3) is 0.0476. The van der Waals surface area contributed by atoms with Crippen molar-refractivity contribution >= 4 is 44.2 Å². The highest BCUT2D eigenvalue weighted by atomic mass is 79.9. The van der Waals surface area contributed by atoms with Crippen molar-refractivity contribution in [1.82, 2.24) is 9.55 Å². The average Bonchev–Trinajstić information content (AvgIpc) is 3.20. The number of benzene rings is 3. The minimum absolute atomic E-state index is 0.116. The molecule has 0 fully saturated rings. The van der Waals surface area contributed by atoms with Crippen LogP contribution in [0.15, 0.2) is 71.2 Å². The molecule has 2 aliphatic heterocycles. The number of nitrogens with zero attached hydrogens (tertiary/aromatic N) is 2. The molecule has 6 heteroatoms. The molecule has 130 valence electrons. The van der Waals surface area contributed by atoms with E-state index >= 15 is 0 Å². The lowest BCUT2D eigenvalue weighted by molar-refractivity contribution is -0.120. The van der Waals surface area contributed by atoms with Crippen LogP contribution in [0.5, 0.6) is 0 Å². The summed E-state index contributed by atoms with van der Waals surface area (Å²) >= 11 is 3.56. The predicted octanol–water partition coefficient (Wildman–Crippen LogP) is 4.54. The molecule has 0 bridgehead atoms. The minimum atomic E-state index is -1.08. The number of carbonyl (C=O) groups excluding carboxylic acids is 1. The van der Waals surface area contributed by atoms with Crippen LogP contribution in [-0.2, 0) is 10.5 Å². The minimum Gasteiger partial charge on any atom is -0.350 e. The Morgan fingerprint density at radius 2 is 1.78 bits per heavy atom. The van der Waals surface area contributed by atoms with Crippen molar-refractivity contribution in [1.29, 1.82) is 0 Å². The standard InChI is InChI=1S/C21H13BrN4O/c22-12-9-10-16-14(11-12)21(20(27)24-16)25-15-6-2-1-5-13(15)19-23-17-7-3-4-8-18(17)26(19)21/h1-11,25H,(H,24,27)/t21-/m0/s1. The van der Waals surface area contributed by atoms with Gasteiger partial charge in [-0.25, -0.2) is 4.98 Å². The van der Waals surface area contributed by atoms with Crippen molar-refractivity contribution in [2.24, 2.45) is 0 Å². The summed E-state index contributed by atoms with van der Waals surface area (Å²) in [6, 6.07) is 21.7. The second kappa shape index (κ2) is 4.98. The van der Waals surface area contributed by atoms with Gasteiger partial charge in [0.25, 0.3) is 5.91 Å². The van der Waals surface area contributed by atoms with Gasteiger partial charge in [0.2, 0.25) is 5.66 Å². The highest BCUT2D eigenvalue weighted by Crippen LogP contribution is 2.49. The van der Waals surface area contributed by atoms with Crippen molar-refractivity contribution < 1.29 is 4.79 Å². The Morgan fingerprint density at radius 1 is 0.963 bits per heavy atom. The van der Waals surface area contributed by atoms with Crippen LogP contribution in [0.4, 0.5) is 11.4 Å². The third-order valence-electron chi connectivity index (χ3n) is 5.33. The lowest BCUT2D eigenvalue weighted by Crippen LogP contribution is -2.50. The topological polar surface area (TPSA) is 59.0 Å². The lowest BCUT2D eigenvalue weighted by Gasteiger charge is -2.37. The summed E-state index contributed by atoms with van der Waals surface area (Å²) in [6.07, 6.45) is 0. The van der Waals surface area contributed by atoms with E-state index in [0.29, 0.717) is 0 Å². The predicted molar refractivity (Wildman–Crippen MR) is 109 cm³/mol. The number of hydrogen-bond acceptors (Lipinski definition) is 3. The Morgan fingerprint density at radius 3 is 2.70 bits per heavy atom. The van der Waals surface area contributed by atoms with Gasteiger partial charge in [-0.05, 0) is 42.5 Å². The van der Waals surface area contributed by atoms with Crippen molar-refractivity contribution in [3.63, 3.8) is 0 Å². The van der Waals surface area contributed by atoms with E-state index in [2.05, 4.69) is 26.6 Å². The maximum absolute atomic E-state index is 13.4. The monoisotopic (exact) mass is 416 g/mol. The number of amides is 1. The van der Waals surface area contributed by atoms with Gasteiger partial charge in [0, 0.05) is 27.0 Å². The first kappa shape index (κ1) is 15.0. The smallest absolute Gasteiger partial charge is 0.276 e. The molecular weight excluding hydrogens is 404 g/mol. The number of aromatic nitrogens is 2. The summed E-state index contributed by atoms with van der Waals surface area (Å²) in [4.78, 5) is 18.3. The van der Waals surface area contributed by atoms with Crippen LogP contribution in [0.25, 0.3) is 22.4 Å². The largest absolute Gasteiger partial charge is 0.350 e. The summed E-state index contributed by atoms with van der Waals surface area (Å²) in [5, 5.41) is 6.57. The summed E-state index contributed by atoms with van der Waals surface area (Å²) in [5.74, 6) is 0.669. The van der Waals surface area contributed by atoms with E-state index in [1.54, 1.807) is 0 Å². The van der Waals surface area contributed by atoms with Gasteiger partial charge in [-0.2, -0.15) is 0 Å². The quantitative estimate of drug-likeness (QED) is 0.442. The van der Waals surface area contributed by atoms with E-state index in [1.165, 1.54) is 0 Å². The molecule has 6 rings (SSSR count). The average molecular weight is 417 g/mol. The van der Waals surface area contributed by atoms with E-state index in [4.69, 9.17) is 4.98 Å². The summed E-state index contributed by atoms with van der Waals surface area (Å²) < 4.78 is 2.95. The van der Waals surface area contributed by atoms with E-state index in [1.807, 2.05) is 71.3 Å². The fourth-order valence-corrected chi connectivity index (χ4v) is 4.55. The van der Waals surface area contributed by atoms with Gasteiger partial charge in [-0.1, -0.05) is 40.2 Å².